The number of aromatic amines is 1. The quantitative estimate of drug-likeness (QED) is 0.752. The number of H-pyrrole nitrogens is 1. The molecule has 2 aromatic rings. The van der Waals surface area contributed by atoms with Gasteiger partial charge in [0.05, 0.1) is 12.7 Å². The molecule has 3 N–H and O–H groups in total. The van der Waals surface area contributed by atoms with Crippen molar-refractivity contribution in [1.29, 1.82) is 0 Å². The van der Waals surface area contributed by atoms with E-state index in [0.717, 1.165) is 0 Å². The molecule has 0 radical (unpaired) electrons. The van der Waals surface area contributed by atoms with E-state index in [2.05, 4.69) is 19.9 Å². The number of methoxy groups -OCH3 is 1. The van der Waals surface area contributed by atoms with Gasteiger partial charge in [0.1, 0.15) is 11.3 Å². The Labute approximate surface area is 92.6 Å². The van der Waals surface area contributed by atoms with Gasteiger partial charge in [0.15, 0.2) is 11.5 Å². The summed E-state index contributed by atoms with van der Waals surface area (Å²) in [6.45, 7) is 0. The number of nitrogen functional groups attached to an aromatic ring is 1. The van der Waals surface area contributed by atoms with Gasteiger partial charge in [-0.2, -0.15) is 0 Å². The summed E-state index contributed by atoms with van der Waals surface area (Å²) in [5, 5.41) is 0. The number of ether oxygens (including phenoxy) is 1. The Kier molecular flexibility index (Phi) is 3.07. The highest BCUT2D eigenvalue weighted by molar-refractivity contribution is 7.24. The molecule has 0 amide bonds. The van der Waals surface area contributed by atoms with E-state index in [1.54, 1.807) is 0 Å². The van der Waals surface area contributed by atoms with Crippen LogP contribution in [0.4, 0.5) is 5.82 Å². The lowest BCUT2D eigenvalue weighted by molar-refractivity contribution is 0.166. The van der Waals surface area contributed by atoms with Crippen LogP contribution in [0.2, 0.25) is 0 Å². The first-order valence-corrected chi connectivity index (χ1v) is 5.59. The zero-order valence-electron chi connectivity index (χ0n) is 8.60. The van der Waals surface area contributed by atoms with Crippen LogP contribution >= 0.6 is 8.46 Å². The second kappa shape index (κ2) is 4.51. The normalized spacial score (nSPS) is 13.3. The lowest BCUT2D eigenvalue weighted by atomic mass is 10.4. The van der Waals surface area contributed by atoms with Crippen molar-refractivity contribution in [2.75, 3.05) is 12.8 Å². The lowest BCUT2D eigenvalue weighted by Crippen LogP contribution is -2.10. The van der Waals surface area contributed by atoms with Crippen molar-refractivity contribution < 1.29 is 9.30 Å². The summed E-state index contributed by atoms with van der Waals surface area (Å²) in [5.74, 6) is 0.407. The number of anilines is 1. The van der Waals surface area contributed by atoms with E-state index >= 15 is 0 Å². The van der Waals surface area contributed by atoms with Crippen molar-refractivity contribution >= 4 is 25.4 Å². The average Bonchev–Trinajstić information content (AvgIpc) is 2.74. The van der Waals surface area contributed by atoms with Crippen LogP contribution in [-0.2, 0) is 15.7 Å². The predicted molar refractivity (Wildman–Crippen MR) is 59.6 cm³/mol. The molecule has 0 saturated carbocycles. The van der Waals surface area contributed by atoms with Gasteiger partial charge in [-0.15, -0.1) is 0 Å². The first-order chi connectivity index (χ1) is 7.74. The van der Waals surface area contributed by atoms with E-state index < -0.39 is 14.3 Å². The predicted octanol–water partition coefficient (Wildman–Crippen LogP) is 0.474. The Morgan fingerprint density at radius 3 is 3.12 bits per heavy atom. The average molecular weight is 240 g/mol. The van der Waals surface area contributed by atoms with Gasteiger partial charge in [0.25, 0.3) is 5.85 Å². The van der Waals surface area contributed by atoms with Crippen LogP contribution in [-0.4, -0.2) is 32.9 Å². The first kappa shape index (κ1) is 10.9. The summed E-state index contributed by atoms with van der Waals surface area (Å²) < 4.78 is 15.7. The number of nitrogens with one attached hydrogen (secondary N) is 1. The molecule has 84 valence electrons. The number of nitrogens with two attached hydrogens (primary N) is 1. The number of imidazole rings is 1. The van der Waals surface area contributed by atoms with Gasteiger partial charge in [0, 0.05) is 7.11 Å². The minimum absolute atomic E-state index is 0.335. The largest absolute Gasteiger partial charge is 0.382 e. The van der Waals surface area contributed by atoms with Crippen LogP contribution < -0.4 is 5.73 Å². The third-order valence-corrected chi connectivity index (χ3v) is 2.85. The van der Waals surface area contributed by atoms with Gasteiger partial charge in [-0.05, 0) is 0 Å². The highest BCUT2D eigenvalue weighted by Crippen LogP contribution is 2.16. The number of hydrogen-bond donors (Lipinski definition) is 2. The van der Waals surface area contributed by atoms with Crippen molar-refractivity contribution in [3.63, 3.8) is 0 Å². The highest BCUT2D eigenvalue weighted by atomic mass is 31.1. The molecule has 0 bridgehead atoms. The molecular weight excluding hydrogens is 229 g/mol. The zero-order valence-corrected chi connectivity index (χ0v) is 9.60. The highest BCUT2D eigenvalue weighted by Gasteiger charge is 2.18. The van der Waals surface area contributed by atoms with E-state index in [0.29, 0.717) is 29.2 Å². The van der Waals surface area contributed by atoms with Gasteiger partial charge >= 0.3 is 8.46 Å². The lowest BCUT2D eigenvalue weighted by Gasteiger charge is -2.02. The summed E-state index contributed by atoms with van der Waals surface area (Å²) in [5.41, 5.74) is 6.84. The fourth-order valence-corrected chi connectivity index (χ4v) is 1.69. The van der Waals surface area contributed by atoms with Crippen LogP contribution in [0.1, 0.15) is 5.82 Å². The van der Waals surface area contributed by atoms with Crippen molar-refractivity contribution in [3.05, 3.63) is 12.2 Å². The van der Waals surface area contributed by atoms with E-state index in [1.807, 2.05) is 0 Å². The standard InChI is InChI=1S/C8H10N5O2P/c1-15-5(16-14)2-4-12-7(9)6-8(13-4)11-3-10-6/h3,5H,2H2,1H3,(H3,9,10,11,12,13)/p+1. The van der Waals surface area contributed by atoms with Crippen molar-refractivity contribution in [1.82, 2.24) is 19.9 Å². The van der Waals surface area contributed by atoms with Crippen molar-refractivity contribution in [2.45, 2.75) is 12.3 Å². The molecule has 2 rings (SSSR count). The third kappa shape index (κ3) is 2.00. The Hall–Kier alpha value is -1.59. The number of nitrogens with zero attached hydrogens (tertiary/aromatic N) is 3. The molecule has 0 spiro atoms. The van der Waals surface area contributed by atoms with E-state index in [-0.39, 0.29) is 0 Å². The fourth-order valence-electron chi connectivity index (χ4n) is 1.33. The smallest absolute Gasteiger partial charge is 0.356 e. The van der Waals surface area contributed by atoms with E-state index in [4.69, 9.17) is 10.5 Å². The molecule has 8 heteroatoms. The van der Waals surface area contributed by atoms with E-state index in [9.17, 15) is 4.57 Å². The molecule has 0 aliphatic carbocycles. The molecule has 2 atom stereocenters. The van der Waals surface area contributed by atoms with Gasteiger partial charge in [-0.25, -0.2) is 15.0 Å². The second-order valence-corrected chi connectivity index (χ2v) is 4.05. The molecule has 0 aliphatic rings. The maximum absolute atomic E-state index is 10.8. The number of fused-ring (bicyclic) bond motifs is 1. The Morgan fingerprint density at radius 1 is 1.62 bits per heavy atom. The minimum Gasteiger partial charge on any atom is -0.382 e. The van der Waals surface area contributed by atoms with Gasteiger partial charge in [-0.3, -0.25) is 0 Å². The maximum atomic E-state index is 10.8. The molecular formula is C8H11N5O2P+. The third-order valence-electron chi connectivity index (χ3n) is 2.14. The van der Waals surface area contributed by atoms with Crippen LogP contribution in [0.15, 0.2) is 6.33 Å². The molecule has 2 heterocycles. The van der Waals surface area contributed by atoms with Gasteiger partial charge < -0.3 is 15.5 Å². The number of rotatable bonds is 4. The maximum Gasteiger partial charge on any atom is 0.356 e. The number of aromatic nitrogens is 4. The molecule has 2 unspecified atom stereocenters. The van der Waals surface area contributed by atoms with Crippen molar-refractivity contribution in [3.8, 4) is 0 Å². The zero-order chi connectivity index (χ0) is 11.5. The fraction of sp³-hybridized carbons (Fsp3) is 0.375. The molecule has 0 aliphatic heterocycles. The molecule has 0 saturated heterocycles. The molecule has 0 aromatic carbocycles. The molecule has 0 fully saturated rings. The van der Waals surface area contributed by atoms with Crippen LogP contribution in [0.5, 0.6) is 0 Å². The minimum atomic E-state index is -0.566. The first-order valence-electron chi connectivity index (χ1n) is 4.60. The Balaban J connectivity index is 2.34. The SMILES string of the molecule is COC(Cc1nc(N)c2[nH]cnc2n1)[PH+]=O. The van der Waals surface area contributed by atoms with Crippen LogP contribution in [0.3, 0.4) is 0 Å². The second-order valence-electron chi connectivity index (χ2n) is 3.17. The number of hydrogen-bond acceptors (Lipinski definition) is 6. The van der Waals surface area contributed by atoms with Crippen molar-refractivity contribution in [2.24, 2.45) is 0 Å². The van der Waals surface area contributed by atoms with Gasteiger partial charge in [0.2, 0.25) is 0 Å². The Bertz CT molecular complexity index is 514. The summed E-state index contributed by atoms with van der Waals surface area (Å²) in [7, 11) is 0.927. The summed E-state index contributed by atoms with van der Waals surface area (Å²) in [4.78, 5) is 15.1. The molecule has 7 nitrogen and oxygen atoms in total. The van der Waals surface area contributed by atoms with Crippen LogP contribution in [0.25, 0.3) is 11.2 Å². The summed E-state index contributed by atoms with van der Waals surface area (Å²) in [6, 6.07) is 0. The molecule has 2 aromatic heterocycles. The summed E-state index contributed by atoms with van der Waals surface area (Å²) >= 11 is 0. The summed E-state index contributed by atoms with van der Waals surface area (Å²) in [6.07, 6.45) is 1.86. The molecule has 16 heavy (non-hydrogen) atoms. The monoisotopic (exact) mass is 240 g/mol. The topological polar surface area (TPSA) is 107 Å². The van der Waals surface area contributed by atoms with Gasteiger partial charge in [-0.1, -0.05) is 4.57 Å². The van der Waals surface area contributed by atoms with Crippen LogP contribution in [0, 0.1) is 0 Å². The van der Waals surface area contributed by atoms with E-state index in [1.165, 1.54) is 13.4 Å². The Morgan fingerprint density at radius 2 is 2.44 bits per heavy atom.